The number of halogens is 1. The highest BCUT2D eigenvalue weighted by molar-refractivity contribution is 7.71. The van der Waals surface area contributed by atoms with Crippen LogP contribution in [0.15, 0.2) is 18.2 Å². The molecule has 0 spiro atoms. The van der Waals surface area contributed by atoms with E-state index in [2.05, 4.69) is 10.2 Å². The molecule has 88 valence electrons. The van der Waals surface area contributed by atoms with Crippen LogP contribution >= 0.6 is 12.2 Å². The van der Waals surface area contributed by atoms with Gasteiger partial charge < -0.3 is 0 Å². The molecule has 0 unspecified atom stereocenters. The zero-order chi connectivity index (χ0) is 12.0. The van der Waals surface area contributed by atoms with Gasteiger partial charge in [-0.15, -0.1) is 0 Å². The Morgan fingerprint density at radius 3 is 2.94 bits per heavy atom. The van der Waals surface area contributed by atoms with E-state index >= 15 is 0 Å². The summed E-state index contributed by atoms with van der Waals surface area (Å²) in [5.74, 6) is 1.13. The molecule has 1 heterocycles. The number of hydrogen-bond acceptors (Lipinski definition) is 2. The van der Waals surface area contributed by atoms with Crippen LogP contribution in [0.5, 0.6) is 0 Å². The van der Waals surface area contributed by atoms with Crippen molar-refractivity contribution in [1.82, 2.24) is 14.8 Å². The normalized spacial score (nSPS) is 15.2. The maximum Gasteiger partial charge on any atom is 0.199 e. The van der Waals surface area contributed by atoms with Crippen LogP contribution in [-0.4, -0.2) is 14.8 Å². The molecule has 3 rings (SSSR count). The van der Waals surface area contributed by atoms with Crippen molar-refractivity contribution in [2.75, 3.05) is 0 Å². The number of nitrogens with one attached hydrogen (secondary N) is 1. The minimum Gasteiger partial charge on any atom is -0.272 e. The number of H-pyrrole nitrogens is 1. The van der Waals surface area contributed by atoms with E-state index in [0.717, 1.165) is 29.9 Å². The predicted octanol–water partition coefficient (Wildman–Crippen LogP) is 3.25. The van der Waals surface area contributed by atoms with Crippen molar-refractivity contribution in [2.24, 2.45) is 0 Å². The molecular weight excluding hydrogens is 237 g/mol. The smallest absolute Gasteiger partial charge is 0.199 e. The summed E-state index contributed by atoms with van der Waals surface area (Å²) in [6.45, 7) is 1.94. The van der Waals surface area contributed by atoms with Gasteiger partial charge in [0.1, 0.15) is 11.6 Å². The molecule has 0 aliphatic heterocycles. The molecule has 1 aromatic heterocycles. The molecule has 2 aromatic rings. The summed E-state index contributed by atoms with van der Waals surface area (Å²) in [5.41, 5.74) is 1.77. The van der Waals surface area contributed by atoms with E-state index in [-0.39, 0.29) is 5.82 Å². The molecule has 0 radical (unpaired) electrons. The van der Waals surface area contributed by atoms with E-state index in [1.807, 2.05) is 11.5 Å². The molecule has 1 aromatic carbocycles. The van der Waals surface area contributed by atoms with Crippen LogP contribution < -0.4 is 0 Å². The van der Waals surface area contributed by atoms with E-state index < -0.39 is 0 Å². The quantitative estimate of drug-likeness (QED) is 0.829. The molecule has 17 heavy (non-hydrogen) atoms. The fourth-order valence-corrected chi connectivity index (χ4v) is 2.22. The van der Waals surface area contributed by atoms with Gasteiger partial charge in [-0.1, -0.05) is 6.07 Å². The van der Waals surface area contributed by atoms with Gasteiger partial charge in [-0.05, 0) is 49.7 Å². The van der Waals surface area contributed by atoms with E-state index in [9.17, 15) is 4.39 Å². The van der Waals surface area contributed by atoms with Crippen LogP contribution in [0.2, 0.25) is 0 Å². The van der Waals surface area contributed by atoms with Crippen LogP contribution in [0.4, 0.5) is 4.39 Å². The lowest BCUT2D eigenvalue weighted by Gasteiger charge is -2.09. The Labute approximate surface area is 103 Å². The standard InChI is InChI=1S/C12H12FN3S/c1-7-2-5-9(13)6-10(7)16-11(8-3-4-8)14-15-12(16)17/h2,5-6,8H,3-4H2,1H3,(H,15,17). The lowest BCUT2D eigenvalue weighted by molar-refractivity contribution is 0.625. The maximum atomic E-state index is 13.3. The predicted molar refractivity (Wildman–Crippen MR) is 65.4 cm³/mol. The van der Waals surface area contributed by atoms with Gasteiger partial charge in [0.15, 0.2) is 4.77 Å². The first-order chi connectivity index (χ1) is 8.16. The SMILES string of the molecule is Cc1ccc(F)cc1-n1c(C2CC2)n[nH]c1=S. The highest BCUT2D eigenvalue weighted by atomic mass is 32.1. The zero-order valence-electron chi connectivity index (χ0n) is 9.40. The van der Waals surface area contributed by atoms with Crippen LogP contribution in [0, 0.1) is 17.5 Å². The Hall–Kier alpha value is -1.49. The van der Waals surface area contributed by atoms with Gasteiger partial charge in [-0.2, -0.15) is 5.10 Å². The van der Waals surface area contributed by atoms with Crippen LogP contribution in [0.25, 0.3) is 5.69 Å². The number of aromatic nitrogens is 3. The topological polar surface area (TPSA) is 33.6 Å². The lowest BCUT2D eigenvalue weighted by Crippen LogP contribution is -2.02. The van der Waals surface area contributed by atoms with Crippen molar-refractivity contribution in [3.8, 4) is 5.69 Å². The highest BCUT2D eigenvalue weighted by Gasteiger charge is 2.29. The second-order valence-electron chi connectivity index (χ2n) is 4.43. The van der Waals surface area contributed by atoms with Crippen molar-refractivity contribution in [2.45, 2.75) is 25.7 Å². The summed E-state index contributed by atoms with van der Waals surface area (Å²) in [5, 5.41) is 7.05. The molecule has 1 fully saturated rings. The van der Waals surface area contributed by atoms with Crippen LogP contribution in [0.1, 0.15) is 30.1 Å². The van der Waals surface area contributed by atoms with Crippen molar-refractivity contribution in [1.29, 1.82) is 0 Å². The van der Waals surface area contributed by atoms with Gasteiger partial charge in [-0.25, -0.2) is 4.39 Å². The highest BCUT2D eigenvalue weighted by Crippen LogP contribution is 2.40. The number of rotatable bonds is 2. The number of aromatic amines is 1. The van der Waals surface area contributed by atoms with Gasteiger partial charge >= 0.3 is 0 Å². The van der Waals surface area contributed by atoms with Gasteiger partial charge in [-0.3, -0.25) is 9.67 Å². The summed E-state index contributed by atoms with van der Waals surface area (Å²) in [7, 11) is 0. The summed E-state index contributed by atoms with van der Waals surface area (Å²) < 4.78 is 15.7. The second kappa shape index (κ2) is 3.77. The molecule has 1 saturated carbocycles. The third kappa shape index (κ3) is 1.80. The number of benzene rings is 1. The Balaban J connectivity index is 2.23. The first-order valence-electron chi connectivity index (χ1n) is 5.60. The molecule has 5 heteroatoms. The second-order valence-corrected chi connectivity index (χ2v) is 4.81. The fourth-order valence-electron chi connectivity index (χ4n) is 1.98. The van der Waals surface area contributed by atoms with Crippen molar-refractivity contribution < 1.29 is 4.39 Å². The fraction of sp³-hybridized carbons (Fsp3) is 0.333. The van der Waals surface area contributed by atoms with E-state index in [1.54, 1.807) is 6.07 Å². The molecule has 1 N–H and O–H groups in total. The molecule has 1 aliphatic carbocycles. The number of nitrogens with zero attached hydrogens (tertiary/aromatic N) is 2. The number of hydrogen-bond donors (Lipinski definition) is 1. The third-order valence-electron chi connectivity index (χ3n) is 3.05. The van der Waals surface area contributed by atoms with Crippen molar-refractivity contribution in [3.63, 3.8) is 0 Å². The molecule has 3 nitrogen and oxygen atoms in total. The Kier molecular flexibility index (Phi) is 2.36. The van der Waals surface area contributed by atoms with Crippen LogP contribution in [0.3, 0.4) is 0 Å². The maximum absolute atomic E-state index is 13.3. The van der Waals surface area contributed by atoms with E-state index in [1.165, 1.54) is 12.1 Å². The summed E-state index contributed by atoms with van der Waals surface area (Å²) in [4.78, 5) is 0. The minimum absolute atomic E-state index is 0.254. The summed E-state index contributed by atoms with van der Waals surface area (Å²) in [6, 6.07) is 4.72. The van der Waals surface area contributed by atoms with Gasteiger partial charge in [0.05, 0.1) is 5.69 Å². The average Bonchev–Trinajstić information content (AvgIpc) is 3.07. The largest absolute Gasteiger partial charge is 0.272 e. The zero-order valence-corrected chi connectivity index (χ0v) is 10.2. The molecule has 0 amide bonds. The molecule has 1 aliphatic rings. The summed E-state index contributed by atoms with van der Waals surface area (Å²) in [6.07, 6.45) is 2.27. The Morgan fingerprint density at radius 1 is 1.47 bits per heavy atom. The van der Waals surface area contributed by atoms with Gasteiger partial charge in [0, 0.05) is 5.92 Å². The van der Waals surface area contributed by atoms with Crippen molar-refractivity contribution in [3.05, 3.63) is 40.2 Å². The van der Waals surface area contributed by atoms with E-state index in [4.69, 9.17) is 12.2 Å². The average molecular weight is 249 g/mol. The molecular formula is C12H12FN3S. The van der Waals surface area contributed by atoms with Crippen molar-refractivity contribution >= 4 is 12.2 Å². The molecule has 0 bridgehead atoms. The first-order valence-corrected chi connectivity index (χ1v) is 6.01. The summed E-state index contributed by atoms with van der Waals surface area (Å²) >= 11 is 5.23. The third-order valence-corrected chi connectivity index (χ3v) is 3.33. The molecule has 0 atom stereocenters. The molecule has 0 saturated heterocycles. The van der Waals surface area contributed by atoms with Gasteiger partial charge in [0.25, 0.3) is 0 Å². The Morgan fingerprint density at radius 2 is 2.24 bits per heavy atom. The van der Waals surface area contributed by atoms with Gasteiger partial charge in [0.2, 0.25) is 0 Å². The monoisotopic (exact) mass is 249 g/mol. The van der Waals surface area contributed by atoms with E-state index in [0.29, 0.717) is 10.7 Å². The lowest BCUT2D eigenvalue weighted by atomic mass is 10.2. The Bertz CT molecular complexity index is 625. The first kappa shape index (κ1) is 10.7. The minimum atomic E-state index is -0.254. The number of aryl methyl sites for hydroxylation is 1. The van der Waals surface area contributed by atoms with Crippen LogP contribution in [-0.2, 0) is 0 Å².